The summed E-state index contributed by atoms with van der Waals surface area (Å²) in [6, 6.07) is 0. The molecule has 2 nitrogen and oxygen atoms in total. The van der Waals surface area contributed by atoms with Crippen LogP contribution in [0.4, 0.5) is 0 Å². The summed E-state index contributed by atoms with van der Waals surface area (Å²) in [4.78, 5) is 2.66. The van der Waals surface area contributed by atoms with Crippen LogP contribution < -0.4 is 0 Å². The summed E-state index contributed by atoms with van der Waals surface area (Å²) in [5.74, 6) is 2.70. The molecule has 0 aromatic heterocycles. The summed E-state index contributed by atoms with van der Waals surface area (Å²) >= 11 is 0. The summed E-state index contributed by atoms with van der Waals surface area (Å²) in [5, 5.41) is 9.57. The second-order valence-corrected chi connectivity index (χ2v) is 6.85. The summed E-state index contributed by atoms with van der Waals surface area (Å²) in [5.41, 5.74) is 0.241. The molecule has 1 N–H and O–H groups in total. The standard InChI is InChI=1S/C16H27NO/c1-2-16(12-18)5-7-17(8-6-16)11-15-10-13-3-4-14(15)9-13/h3-4,13-15,18H,2,5-12H2,1H3. The molecule has 2 heteroatoms. The molecule has 1 aliphatic heterocycles. The predicted molar refractivity (Wildman–Crippen MR) is 74.3 cm³/mol. The SMILES string of the molecule is CCC1(CO)CCN(CC2CC3C=CC2C3)CC1. The number of rotatable bonds is 4. The van der Waals surface area contributed by atoms with Gasteiger partial charge in [-0.3, -0.25) is 0 Å². The third-order valence-corrected chi connectivity index (χ3v) is 5.91. The number of allylic oxidation sites excluding steroid dienone is 2. The van der Waals surface area contributed by atoms with E-state index >= 15 is 0 Å². The lowest BCUT2D eigenvalue weighted by Crippen LogP contribution is -2.43. The molecule has 102 valence electrons. The van der Waals surface area contributed by atoms with E-state index in [4.69, 9.17) is 0 Å². The van der Waals surface area contributed by atoms with E-state index in [1.54, 1.807) is 0 Å². The van der Waals surface area contributed by atoms with Gasteiger partial charge in [0.1, 0.15) is 0 Å². The van der Waals surface area contributed by atoms with Gasteiger partial charge in [0.15, 0.2) is 0 Å². The Balaban J connectivity index is 1.50. The third-order valence-electron chi connectivity index (χ3n) is 5.91. The highest BCUT2D eigenvalue weighted by molar-refractivity contribution is 5.10. The van der Waals surface area contributed by atoms with Crippen LogP contribution in [0.3, 0.4) is 0 Å². The largest absolute Gasteiger partial charge is 0.396 e. The van der Waals surface area contributed by atoms with Gasteiger partial charge in [-0.05, 0) is 68.4 Å². The Morgan fingerprint density at radius 3 is 2.50 bits per heavy atom. The molecule has 0 amide bonds. The highest BCUT2D eigenvalue weighted by atomic mass is 16.3. The van der Waals surface area contributed by atoms with Gasteiger partial charge in [0.05, 0.1) is 0 Å². The molecule has 1 saturated heterocycles. The Hall–Kier alpha value is -0.340. The van der Waals surface area contributed by atoms with Gasteiger partial charge in [-0.2, -0.15) is 0 Å². The van der Waals surface area contributed by atoms with Crippen molar-refractivity contribution in [1.29, 1.82) is 0 Å². The lowest BCUT2D eigenvalue weighted by molar-refractivity contribution is 0.0340. The highest BCUT2D eigenvalue weighted by Crippen LogP contribution is 2.44. The smallest absolute Gasteiger partial charge is 0.0488 e. The summed E-state index contributed by atoms with van der Waals surface area (Å²) in [6.07, 6.45) is 11.3. The van der Waals surface area contributed by atoms with E-state index in [-0.39, 0.29) is 5.41 Å². The van der Waals surface area contributed by atoms with Crippen molar-refractivity contribution in [1.82, 2.24) is 4.90 Å². The minimum atomic E-state index is 0.241. The molecule has 3 unspecified atom stereocenters. The molecule has 0 radical (unpaired) electrons. The van der Waals surface area contributed by atoms with Crippen LogP contribution in [-0.4, -0.2) is 36.2 Å². The van der Waals surface area contributed by atoms with Gasteiger partial charge in [0, 0.05) is 13.2 Å². The van der Waals surface area contributed by atoms with E-state index in [1.807, 2.05) is 0 Å². The Kier molecular flexibility index (Phi) is 3.50. The van der Waals surface area contributed by atoms with Crippen molar-refractivity contribution in [3.8, 4) is 0 Å². The van der Waals surface area contributed by atoms with E-state index in [9.17, 15) is 5.11 Å². The molecule has 18 heavy (non-hydrogen) atoms. The molecule has 2 aliphatic carbocycles. The maximum absolute atomic E-state index is 9.57. The highest BCUT2D eigenvalue weighted by Gasteiger charge is 2.38. The first kappa shape index (κ1) is 12.7. The normalized spacial score (nSPS) is 38.4. The van der Waals surface area contributed by atoms with Gasteiger partial charge in [-0.15, -0.1) is 0 Å². The Morgan fingerprint density at radius 1 is 1.22 bits per heavy atom. The fourth-order valence-corrected chi connectivity index (χ4v) is 4.27. The third kappa shape index (κ3) is 2.25. The molecule has 0 spiro atoms. The summed E-state index contributed by atoms with van der Waals surface area (Å²) in [6.45, 7) is 6.32. The molecule has 0 aromatic rings. The summed E-state index contributed by atoms with van der Waals surface area (Å²) in [7, 11) is 0. The van der Waals surface area contributed by atoms with Crippen molar-refractivity contribution in [2.75, 3.05) is 26.2 Å². The lowest BCUT2D eigenvalue weighted by Gasteiger charge is -2.41. The van der Waals surface area contributed by atoms with Gasteiger partial charge in [-0.1, -0.05) is 19.1 Å². The average Bonchev–Trinajstić information content (AvgIpc) is 3.02. The Morgan fingerprint density at radius 2 is 2.00 bits per heavy atom. The molecule has 3 atom stereocenters. The second kappa shape index (κ2) is 4.97. The molecular formula is C16H27NO. The van der Waals surface area contributed by atoms with Gasteiger partial charge in [0.2, 0.25) is 0 Å². The van der Waals surface area contributed by atoms with Crippen molar-refractivity contribution in [2.24, 2.45) is 23.2 Å². The fourth-order valence-electron chi connectivity index (χ4n) is 4.27. The molecule has 0 aromatic carbocycles. The van der Waals surface area contributed by atoms with Gasteiger partial charge < -0.3 is 10.0 Å². The second-order valence-electron chi connectivity index (χ2n) is 6.85. The molecule has 2 fully saturated rings. The minimum Gasteiger partial charge on any atom is -0.396 e. The van der Waals surface area contributed by atoms with Crippen molar-refractivity contribution in [3.63, 3.8) is 0 Å². The number of hydrogen-bond donors (Lipinski definition) is 1. The molecule has 3 rings (SSSR count). The van der Waals surface area contributed by atoms with Crippen molar-refractivity contribution >= 4 is 0 Å². The number of nitrogens with zero attached hydrogens (tertiary/aromatic N) is 1. The van der Waals surface area contributed by atoms with E-state index in [0.29, 0.717) is 6.61 Å². The first-order chi connectivity index (χ1) is 8.74. The van der Waals surface area contributed by atoms with Gasteiger partial charge in [0.25, 0.3) is 0 Å². The number of piperidine rings is 1. The maximum Gasteiger partial charge on any atom is 0.0488 e. The van der Waals surface area contributed by atoms with Crippen molar-refractivity contribution in [3.05, 3.63) is 12.2 Å². The van der Waals surface area contributed by atoms with Crippen molar-refractivity contribution < 1.29 is 5.11 Å². The van der Waals surface area contributed by atoms with Crippen LogP contribution in [0.1, 0.15) is 39.0 Å². The average molecular weight is 249 g/mol. The molecule has 3 aliphatic rings. The van der Waals surface area contributed by atoms with E-state index in [1.165, 1.54) is 45.3 Å². The number of hydrogen-bond acceptors (Lipinski definition) is 2. The maximum atomic E-state index is 9.57. The van der Waals surface area contributed by atoms with E-state index in [2.05, 4.69) is 24.0 Å². The van der Waals surface area contributed by atoms with Gasteiger partial charge >= 0.3 is 0 Å². The molecular weight excluding hydrogens is 222 g/mol. The molecule has 2 bridgehead atoms. The van der Waals surface area contributed by atoms with Crippen LogP contribution in [0.25, 0.3) is 0 Å². The van der Waals surface area contributed by atoms with Crippen LogP contribution in [0.2, 0.25) is 0 Å². The Bertz CT molecular complexity index is 311. The van der Waals surface area contributed by atoms with E-state index < -0.39 is 0 Å². The fraction of sp³-hybridized carbons (Fsp3) is 0.875. The minimum absolute atomic E-state index is 0.241. The van der Waals surface area contributed by atoms with Crippen LogP contribution >= 0.6 is 0 Å². The molecule has 1 saturated carbocycles. The van der Waals surface area contributed by atoms with Crippen molar-refractivity contribution in [2.45, 2.75) is 39.0 Å². The zero-order valence-corrected chi connectivity index (χ0v) is 11.6. The summed E-state index contributed by atoms with van der Waals surface area (Å²) < 4.78 is 0. The molecule has 1 heterocycles. The van der Waals surface area contributed by atoms with Crippen LogP contribution in [0.15, 0.2) is 12.2 Å². The van der Waals surface area contributed by atoms with Crippen LogP contribution in [0, 0.1) is 23.2 Å². The number of aliphatic hydroxyl groups is 1. The van der Waals surface area contributed by atoms with Crippen LogP contribution in [0.5, 0.6) is 0 Å². The van der Waals surface area contributed by atoms with Crippen LogP contribution in [-0.2, 0) is 0 Å². The quantitative estimate of drug-likeness (QED) is 0.774. The monoisotopic (exact) mass is 249 g/mol. The predicted octanol–water partition coefficient (Wildman–Crippen LogP) is 2.68. The van der Waals surface area contributed by atoms with E-state index in [0.717, 1.165) is 24.2 Å². The van der Waals surface area contributed by atoms with Gasteiger partial charge in [-0.25, -0.2) is 0 Å². The first-order valence-electron chi connectivity index (χ1n) is 7.76. The Labute approximate surface area is 111 Å². The first-order valence-corrected chi connectivity index (χ1v) is 7.76. The zero-order valence-electron chi connectivity index (χ0n) is 11.6. The lowest BCUT2D eigenvalue weighted by atomic mass is 9.76. The topological polar surface area (TPSA) is 23.5 Å². The zero-order chi connectivity index (χ0) is 12.6. The number of fused-ring (bicyclic) bond motifs is 2. The number of aliphatic hydroxyl groups excluding tert-OH is 1. The number of likely N-dealkylation sites (tertiary alicyclic amines) is 1.